The third-order valence-electron chi connectivity index (χ3n) is 6.34. The van der Waals surface area contributed by atoms with Gasteiger partial charge in [0, 0.05) is 17.5 Å². The van der Waals surface area contributed by atoms with Crippen LogP contribution in [0.5, 0.6) is 5.75 Å². The summed E-state index contributed by atoms with van der Waals surface area (Å²) >= 11 is 0. The molecule has 1 aromatic carbocycles. The summed E-state index contributed by atoms with van der Waals surface area (Å²) in [6, 6.07) is 4.67. The first-order valence-corrected chi connectivity index (χ1v) is 9.60. The lowest BCUT2D eigenvalue weighted by atomic mass is 9.65. The molecule has 1 amide bonds. The van der Waals surface area contributed by atoms with Crippen LogP contribution in [0.25, 0.3) is 0 Å². The first-order valence-electron chi connectivity index (χ1n) is 9.60. The molecule has 3 atom stereocenters. The molecule has 3 N–H and O–H groups in total. The quantitative estimate of drug-likeness (QED) is 0.863. The van der Waals surface area contributed by atoms with Gasteiger partial charge in [-0.25, -0.2) is 4.39 Å². The van der Waals surface area contributed by atoms with E-state index in [9.17, 15) is 9.18 Å². The van der Waals surface area contributed by atoms with Crippen LogP contribution in [0.4, 0.5) is 4.39 Å². The van der Waals surface area contributed by atoms with Gasteiger partial charge in [-0.3, -0.25) is 4.79 Å². The van der Waals surface area contributed by atoms with Crippen LogP contribution in [0.3, 0.4) is 0 Å². The molecule has 0 aromatic heterocycles. The van der Waals surface area contributed by atoms with Crippen LogP contribution in [0.1, 0.15) is 56.6 Å². The molecule has 3 unspecified atom stereocenters. The van der Waals surface area contributed by atoms with Crippen LogP contribution >= 0.6 is 0 Å². The Morgan fingerprint density at radius 2 is 1.92 bits per heavy atom. The molecular weight excluding hydrogens is 319 g/mol. The smallest absolute Gasteiger partial charge is 0.223 e. The molecule has 1 heterocycles. The highest BCUT2D eigenvalue weighted by atomic mass is 19.1. The minimum Gasteiger partial charge on any atom is -0.493 e. The molecule has 25 heavy (non-hydrogen) atoms. The van der Waals surface area contributed by atoms with Crippen LogP contribution in [0, 0.1) is 23.6 Å². The summed E-state index contributed by atoms with van der Waals surface area (Å²) in [7, 11) is 0. The van der Waals surface area contributed by atoms with Crippen molar-refractivity contribution in [2.75, 3.05) is 6.61 Å². The Balaban J connectivity index is 1.49. The van der Waals surface area contributed by atoms with Crippen molar-refractivity contribution in [3.05, 3.63) is 29.6 Å². The number of hydrogen-bond acceptors (Lipinski definition) is 3. The highest BCUT2D eigenvalue weighted by molar-refractivity contribution is 5.79. The first kappa shape index (κ1) is 16.8. The molecule has 3 aliphatic rings. The maximum atomic E-state index is 13.7. The lowest BCUT2D eigenvalue weighted by Crippen LogP contribution is -2.49. The molecule has 136 valence electrons. The Morgan fingerprint density at radius 1 is 1.16 bits per heavy atom. The van der Waals surface area contributed by atoms with Crippen LogP contribution in [-0.4, -0.2) is 18.6 Å². The highest BCUT2D eigenvalue weighted by Crippen LogP contribution is 2.42. The van der Waals surface area contributed by atoms with E-state index in [-0.39, 0.29) is 29.7 Å². The van der Waals surface area contributed by atoms with Crippen molar-refractivity contribution >= 4 is 5.91 Å². The van der Waals surface area contributed by atoms with E-state index < -0.39 is 0 Å². The number of benzene rings is 1. The Kier molecular flexibility index (Phi) is 4.67. The summed E-state index contributed by atoms with van der Waals surface area (Å²) in [5.74, 6) is 1.49. The van der Waals surface area contributed by atoms with Gasteiger partial charge < -0.3 is 15.8 Å². The lowest BCUT2D eigenvalue weighted by Gasteiger charge is -2.43. The average molecular weight is 346 g/mol. The molecule has 2 bridgehead atoms. The standard InChI is InChI=1S/C20H27FN2O2/c21-15-6-7-18-16(11-15)17(5-2-8-25-18)23-20(24)14-9-12-3-1-4-13(10-14)19(12)22/h6-7,11-14,17,19H,1-5,8-10,22H2,(H,23,24). The Labute approximate surface area is 148 Å². The second-order valence-corrected chi connectivity index (χ2v) is 7.93. The SMILES string of the molecule is NC1C2CCCC1CC(C(=O)NC1CCCOc3ccc(F)cc31)C2. The Hall–Kier alpha value is -1.62. The third kappa shape index (κ3) is 3.39. The fourth-order valence-corrected chi connectivity index (χ4v) is 4.99. The van der Waals surface area contributed by atoms with Crippen molar-refractivity contribution in [3.8, 4) is 5.75 Å². The number of hydrogen-bond donors (Lipinski definition) is 2. The number of rotatable bonds is 2. The van der Waals surface area contributed by atoms with E-state index in [1.165, 1.54) is 18.6 Å². The van der Waals surface area contributed by atoms with Crippen molar-refractivity contribution in [1.82, 2.24) is 5.32 Å². The number of nitrogens with one attached hydrogen (secondary N) is 1. The number of carbonyl (C=O) groups excluding carboxylic acids is 1. The zero-order chi connectivity index (χ0) is 17.4. The highest BCUT2D eigenvalue weighted by Gasteiger charge is 2.41. The molecule has 4 rings (SSSR count). The maximum Gasteiger partial charge on any atom is 0.223 e. The molecule has 2 aliphatic carbocycles. The monoisotopic (exact) mass is 346 g/mol. The van der Waals surface area contributed by atoms with Gasteiger partial charge >= 0.3 is 0 Å². The predicted octanol–water partition coefficient (Wildman–Crippen LogP) is 3.31. The van der Waals surface area contributed by atoms with E-state index in [1.54, 1.807) is 6.07 Å². The molecule has 2 fully saturated rings. The number of ether oxygens (including phenoxy) is 1. The fraction of sp³-hybridized carbons (Fsp3) is 0.650. The molecule has 0 spiro atoms. The molecule has 0 saturated heterocycles. The molecule has 4 nitrogen and oxygen atoms in total. The second-order valence-electron chi connectivity index (χ2n) is 7.93. The van der Waals surface area contributed by atoms with Crippen molar-refractivity contribution in [2.24, 2.45) is 23.5 Å². The van der Waals surface area contributed by atoms with Crippen LogP contribution in [0.2, 0.25) is 0 Å². The topological polar surface area (TPSA) is 64.4 Å². The minimum atomic E-state index is -0.290. The Morgan fingerprint density at radius 3 is 2.68 bits per heavy atom. The maximum absolute atomic E-state index is 13.7. The summed E-state index contributed by atoms with van der Waals surface area (Å²) in [4.78, 5) is 12.9. The van der Waals surface area contributed by atoms with Gasteiger partial charge in [0.1, 0.15) is 11.6 Å². The van der Waals surface area contributed by atoms with Gasteiger partial charge in [0.2, 0.25) is 5.91 Å². The lowest BCUT2D eigenvalue weighted by molar-refractivity contribution is -0.128. The zero-order valence-electron chi connectivity index (χ0n) is 14.5. The summed E-state index contributed by atoms with van der Waals surface area (Å²) in [5.41, 5.74) is 7.10. The van der Waals surface area contributed by atoms with Gasteiger partial charge in [0.05, 0.1) is 12.6 Å². The van der Waals surface area contributed by atoms with Crippen LogP contribution < -0.4 is 15.8 Å². The van der Waals surface area contributed by atoms with Crippen molar-refractivity contribution in [1.29, 1.82) is 0 Å². The van der Waals surface area contributed by atoms with Gasteiger partial charge in [0.25, 0.3) is 0 Å². The van der Waals surface area contributed by atoms with E-state index in [4.69, 9.17) is 10.5 Å². The van der Waals surface area contributed by atoms with Crippen molar-refractivity contribution < 1.29 is 13.9 Å². The van der Waals surface area contributed by atoms with Crippen molar-refractivity contribution in [2.45, 2.75) is 57.0 Å². The van der Waals surface area contributed by atoms with Crippen molar-refractivity contribution in [3.63, 3.8) is 0 Å². The molecule has 1 aliphatic heterocycles. The van der Waals surface area contributed by atoms with Gasteiger partial charge in [-0.2, -0.15) is 0 Å². The molecule has 1 aromatic rings. The van der Waals surface area contributed by atoms with Gasteiger partial charge in [-0.05, 0) is 68.6 Å². The minimum absolute atomic E-state index is 0.0382. The number of nitrogens with two attached hydrogens (primary N) is 1. The largest absolute Gasteiger partial charge is 0.493 e. The fourth-order valence-electron chi connectivity index (χ4n) is 4.99. The second kappa shape index (κ2) is 6.94. The molecular formula is C20H27FN2O2. The van der Waals surface area contributed by atoms with Gasteiger partial charge in [0.15, 0.2) is 0 Å². The zero-order valence-corrected chi connectivity index (χ0v) is 14.5. The summed E-state index contributed by atoms with van der Waals surface area (Å²) in [5, 5.41) is 3.19. The van der Waals surface area contributed by atoms with E-state index in [1.807, 2.05) is 0 Å². The number of amides is 1. The molecule has 5 heteroatoms. The number of carbonyl (C=O) groups is 1. The number of halogens is 1. The van der Waals surface area contributed by atoms with Gasteiger partial charge in [-0.1, -0.05) is 6.42 Å². The predicted molar refractivity (Wildman–Crippen MR) is 93.5 cm³/mol. The van der Waals surface area contributed by atoms with E-state index >= 15 is 0 Å². The van der Waals surface area contributed by atoms with E-state index in [2.05, 4.69) is 5.32 Å². The van der Waals surface area contributed by atoms with Crippen LogP contribution in [0.15, 0.2) is 18.2 Å². The molecule has 2 saturated carbocycles. The number of fused-ring (bicyclic) bond motifs is 3. The summed E-state index contributed by atoms with van der Waals surface area (Å²) in [6.07, 6.45) is 6.94. The first-order chi connectivity index (χ1) is 12.1. The molecule has 0 radical (unpaired) electrons. The summed E-state index contributed by atoms with van der Waals surface area (Å²) < 4.78 is 19.4. The van der Waals surface area contributed by atoms with Crippen LogP contribution in [-0.2, 0) is 4.79 Å². The van der Waals surface area contributed by atoms with E-state index in [0.29, 0.717) is 24.2 Å². The van der Waals surface area contributed by atoms with E-state index in [0.717, 1.165) is 44.1 Å². The summed E-state index contributed by atoms with van der Waals surface area (Å²) in [6.45, 7) is 0.605. The van der Waals surface area contributed by atoms with Gasteiger partial charge in [-0.15, -0.1) is 0 Å². The normalized spacial score (nSPS) is 34.4. The average Bonchev–Trinajstić information content (AvgIpc) is 2.77. The Bertz CT molecular complexity index is 637. The third-order valence-corrected chi connectivity index (χ3v) is 6.34.